The van der Waals surface area contributed by atoms with E-state index in [4.69, 9.17) is 24.5 Å². The SMILES string of the molecule is CC(C)N(C)C[C@H]1C[C@@H]2CN(Cc3ccc(F)cc3)C[C@@H]2O1.O=C(O)C(F)(F)F.O=C(O)C(F)(F)F. The largest absolute Gasteiger partial charge is 0.490 e. The van der Waals surface area contributed by atoms with E-state index >= 15 is 0 Å². The van der Waals surface area contributed by atoms with Crippen molar-refractivity contribution in [2.45, 2.75) is 57.4 Å². The number of likely N-dealkylation sites (N-methyl/N-ethyl adjacent to an activating group) is 1. The van der Waals surface area contributed by atoms with E-state index < -0.39 is 24.3 Å². The fraction of sp³-hybridized carbons (Fsp3) is 0.636. The number of nitrogens with zero attached hydrogens (tertiary/aromatic N) is 2. The molecule has 2 aliphatic rings. The molecule has 2 fully saturated rings. The van der Waals surface area contributed by atoms with Gasteiger partial charge in [0.25, 0.3) is 0 Å². The van der Waals surface area contributed by atoms with E-state index in [0.717, 1.165) is 26.2 Å². The van der Waals surface area contributed by atoms with Gasteiger partial charge in [-0.25, -0.2) is 14.0 Å². The van der Waals surface area contributed by atoms with E-state index in [1.807, 2.05) is 12.1 Å². The molecule has 7 nitrogen and oxygen atoms in total. The Labute approximate surface area is 203 Å². The number of likely N-dealkylation sites (tertiary alicyclic amines) is 1. The van der Waals surface area contributed by atoms with Crippen LogP contribution in [0.1, 0.15) is 25.8 Å². The minimum absolute atomic E-state index is 0.164. The first-order valence-corrected chi connectivity index (χ1v) is 10.8. The van der Waals surface area contributed by atoms with Gasteiger partial charge in [-0.15, -0.1) is 0 Å². The summed E-state index contributed by atoms with van der Waals surface area (Å²) < 4.78 is 82.7. The second kappa shape index (κ2) is 13.2. The zero-order valence-electron chi connectivity index (χ0n) is 19.8. The molecule has 0 radical (unpaired) electrons. The normalized spacial score (nSPS) is 21.9. The standard InChI is InChI=1S/C18H27FN2O.2C2HF3O2/c1-13(2)20(3)11-17-8-15-10-21(12-18(15)22-17)9-14-4-6-16(19)7-5-14;2*3-2(4,5)1(6)7/h4-7,13,15,17-18H,8-12H2,1-3H3;2*(H,6,7)/t15-,17-,18+;;/m1../s1. The monoisotopic (exact) mass is 534 g/mol. The average molecular weight is 534 g/mol. The quantitative estimate of drug-likeness (QED) is 0.552. The minimum atomic E-state index is -5.08. The fourth-order valence-corrected chi connectivity index (χ4v) is 3.57. The van der Waals surface area contributed by atoms with Crippen LogP contribution in [-0.4, -0.2) is 89.2 Å². The van der Waals surface area contributed by atoms with Crippen LogP contribution in [0.3, 0.4) is 0 Å². The molecule has 0 aromatic heterocycles. The van der Waals surface area contributed by atoms with E-state index in [0.29, 0.717) is 24.2 Å². The first-order valence-electron chi connectivity index (χ1n) is 10.8. The Morgan fingerprint density at radius 1 is 1.03 bits per heavy atom. The highest BCUT2D eigenvalue weighted by Gasteiger charge is 2.42. The molecule has 0 saturated carbocycles. The molecule has 1 aromatic carbocycles. The lowest BCUT2D eigenvalue weighted by atomic mass is 10.0. The van der Waals surface area contributed by atoms with Gasteiger partial charge in [0.2, 0.25) is 0 Å². The molecule has 0 unspecified atom stereocenters. The third kappa shape index (κ3) is 11.1. The molecule has 206 valence electrons. The Morgan fingerprint density at radius 3 is 1.89 bits per heavy atom. The maximum absolute atomic E-state index is 13.0. The van der Waals surface area contributed by atoms with Gasteiger partial charge in [0.15, 0.2) is 0 Å². The third-order valence-electron chi connectivity index (χ3n) is 5.57. The van der Waals surface area contributed by atoms with Crippen LogP contribution < -0.4 is 0 Å². The maximum atomic E-state index is 13.0. The zero-order chi connectivity index (χ0) is 27.8. The van der Waals surface area contributed by atoms with Crippen molar-refractivity contribution in [2.75, 3.05) is 26.7 Å². The van der Waals surface area contributed by atoms with Gasteiger partial charge in [-0.05, 0) is 45.0 Å². The van der Waals surface area contributed by atoms with Crippen molar-refractivity contribution in [3.8, 4) is 0 Å². The molecule has 1 aromatic rings. The Morgan fingerprint density at radius 2 is 1.50 bits per heavy atom. The Kier molecular flexibility index (Phi) is 11.6. The summed E-state index contributed by atoms with van der Waals surface area (Å²) in [7, 11) is 2.17. The molecule has 0 aliphatic carbocycles. The molecule has 2 N–H and O–H groups in total. The Hall–Kier alpha value is -2.45. The average Bonchev–Trinajstić information content (AvgIpc) is 3.27. The van der Waals surface area contributed by atoms with Crippen molar-refractivity contribution in [2.24, 2.45) is 5.92 Å². The van der Waals surface area contributed by atoms with Crippen molar-refractivity contribution < 1.29 is 55.3 Å². The van der Waals surface area contributed by atoms with E-state index in [-0.39, 0.29) is 5.82 Å². The number of carboxylic acids is 2. The number of hydrogen-bond acceptors (Lipinski definition) is 5. The molecule has 0 bridgehead atoms. The van der Waals surface area contributed by atoms with Crippen LogP contribution in [0.25, 0.3) is 0 Å². The highest BCUT2D eigenvalue weighted by atomic mass is 19.4. The number of benzene rings is 1. The summed E-state index contributed by atoms with van der Waals surface area (Å²) in [6, 6.07) is 7.41. The van der Waals surface area contributed by atoms with Crippen LogP contribution in [0.15, 0.2) is 24.3 Å². The number of aliphatic carboxylic acids is 2. The number of carbonyl (C=O) groups is 2. The predicted octanol–water partition coefficient (Wildman–Crippen LogP) is 4.02. The lowest BCUT2D eigenvalue weighted by Gasteiger charge is -2.25. The van der Waals surface area contributed by atoms with Crippen LogP contribution in [0.4, 0.5) is 30.7 Å². The number of hydrogen-bond donors (Lipinski definition) is 2. The number of fused-ring (bicyclic) bond motifs is 1. The highest BCUT2D eigenvalue weighted by molar-refractivity contribution is 5.73. The van der Waals surface area contributed by atoms with Crippen molar-refractivity contribution in [3.05, 3.63) is 35.6 Å². The summed E-state index contributed by atoms with van der Waals surface area (Å²) >= 11 is 0. The maximum Gasteiger partial charge on any atom is 0.490 e. The van der Waals surface area contributed by atoms with Crippen LogP contribution in [0, 0.1) is 11.7 Å². The molecular weight excluding hydrogens is 505 g/mol. The van der Waals surface area contributed by atoms with Crippen LogP contribution in [-0.2, 0) is 20.9 Å². The number of halogens is 7. The number of alkyl halides is 6. The topological polar surface area (TPSA) is 90.3 Å². The van der Waals surface area contributed by atoms with Gasteiger partial charge < -0.3 is 19.8 Å². The van der Waals surface area contributed by atoms with Gasteiger partial charge in [-0.2, -0.15) is 26.3 Å². The Bertz CT molecular complexity index is 809. The first-order chi connectivity index (χ1) is 16.4. The summed E-state index contributed by atoms with van der Waals surface area (Å²) in [5.41, 5.74) is 1.18. The molecule has 0 amide bonds. The second-order valence-corrected chi connectivity index (χ2v) is 8.75. The molecule has 0 spiro atoms. The van der Waals surface area contributed by atoms with E-state index in [1.54, 1.807) is 12.1 Å². The first kappa shape index (κ1) is 31.6. The molecular formula is C22H29F7N2O5. The molecule has 2 heterocycles. The summed E-state index contributed by atoms with van der Waals surface area (Å²) in [4.78, 5) is 22.6. The molecule has 14 heteroatoms. The van der Waals surface area contributed by atoms with Gasteiger partial charge in [-0.1, -0.05) is 12.1 Å². The van der Waals surface area contributed by atoms with Crippen molar-refractivity contribution in [3.63, 3.8) is 0 Å². The van der Waals surface area contributed by atoms with Crippen molar-refractivity contribution in [1.82, 2.24) is 9.80 Å². The van der Waals surface area contributed by atoms with Crippen LogP contribution >= 0.6 is 0 Å². The molecule has 2 aliphatic heterocycles. The summed E-state index contributed by atoms with van der Waals surface area (Å²) in [6.45, 7) is 8.48. The van der Waals surface area contributed by atoms with Gasteiger partial charge in [0.05, 0.1) is 12.2 Å². The Balaban J connectivity index is 0.000000383. The van der Waals surface area contributed by atoms with Crippen LogP contribution in [0.5, 0.6) is 0 Å². The van der Waals surface area contributed by atoms with Crippen LogP contribution in [0.2, 0.25) is 0 Å². The van der Waals surface area contributed by atoms with Crippen molar-refractivity contribution in [1.29, 1.82) is 0 Å². The van der Waals surface area contributed by atoms with Gasteiger partial charge >= 0.3 is 24.3 Å². The van der Waals surface area contributed by atoms with E-state index in [1.165, 1.54) is 12.0 Å². The van der Waals surface area contributed by atoms with Gasteiger partial charge in [0.1, 0.15) is 5.82 Å². The lowest BCUT2D eigenvalue weighted by Crippen LogP contribution is -2.35. The smallest absolute Gasteiger partial charge is 0.475 e. The summed E-state index contributed by atoms with van der Waals surface area (Å²) in [6.07, 6.45) is -8.23. The van der Waals surface area contributed by atoms with Gasteiger partial charge in [0, 0.05) is 38.1 Å². The molecule has 2 saturated heterocycles. The number of ether oxygens (including phenoxy) is 1. The third-order valence-corrected chi connectivity index (χ3v) is 5.57. The molecule has 3 atom stereocenters. The highest BCUT2D eigenvalue weighted by Crippen LogP contribution is 2.34. The van der Waals surface area contributed by atoms with E-state index in [9.17, 15) is 30.7 Å². The summed E-state index contributed by atoms with van der Waals surface area (Å²) in [5, 5.41) is 14.2. The summed E-state index contributed by atoms with van der Waals surface area (Å²) in [5.74, 6) is -5.02. The zero-order valence-corrected chi connectivity index (χ0v) is 19.8. The number of rotatable bonds is 5. The number of carboxylic acid groups (broad SMARTS) is 2. The predicted molar refractivity (Wildman–Crippen MR) is 114 cm³/mol. The van der Waals surface area contributed by atoms with Crippen molar-refractivity contribution >= 4 is 11.9 Å². The fourth-order valence-electron chi connectivity index (χ4n) is 3.57. The second-order valence-electron chi connectivity index (χ2n) is 8.75. The molecule has 3 rings (SSSR count). The molecule has 36 heavy (non-hydrogen) atoms. The minimum Gasteiger partial charge on any atom is -0.475 e. The van der Waals surface area contributed by atoms with E-state index in [2.05, 4.69) is 30.7 Å². The van der Waals surface area contributed by atoms with Gasteiger partial charge in [-0.3, -0.25) is 4.90 Å². The lowest BCUT2D eigenvalue weighted by molar-refractivity contribution is -0.193.